The predicted octanol–water partition coefficient (Wildman–Crippen LogP) is 2.41. The second-order valence-electron chi connectivity index (χ2n) is 6.34. The molecular weight excluding hydrogens is 300 g/mol. The van der Waals surface area contributed by atoms with E-state index in [0.29, 0.717) is 6.61 Å². The number of benzene rings is 1. The minimum Gasteiger partial charge on any atom is -0.492 e. The molecule has 5 nitrogen and oxygen atoms in total. The van der Waals surface area contributed by atoms with Crippen LogP contribution in [0.5, 0.6) is 5.75 Å². The third-order valence-electron chi connectivity index (χ3n) is 4.30. The van der Waals surface area contributed by atoms with Crippen molar-refractivity contribution in [2.24, 2.45) is 4.99 Å². The number of nitrogens with zero attached hydrogens (tertiary/aromatic N) is 2. The van der Waals surface area contributed by atoms with Crippen molar-refractivity contribution in [1.82, 2.24) is 15.5 Å². The van der Waals surface area contributed by atoms with Crippen molar-refractivity contribution in [1.29, 1.82) is 0 Å². The number of unbranched alkanes of at least 4 members (excludes halogenated alkanes) is 1. The molecule has 1 aliphatic heterocycles. The van der Waals surface area contributed by atoms with E-state index in [1.54, 1.807) is 7.05 Å². The number of aryl methyl sites for hydroxylation is 1. The zero-order valence-electron chi connectivity index (χ0n) is 15.2. The van der Waals surface area contributed by atoms with E-state index in [2.05, 4.69) is 39.6 Å². The molecule has 0 spiro atoms. The van der Waals surface area contributed by atoms with Crippen molar-refractivity contribution in [3.63, 3.8) is 0 Å². The number of hydrogen-bond acceptors (Lipinski definition) is 3. The molecule has 1 aromatic carbocycles. The highest BCUT2D eigenvalue weighted by atomic mass is 16.5. The van der Waals surface area contributed by atoms with Crippen LogP contribution in [0.1, 0.15) is 31.2 Å². The zero-order chi connectivity index (χ0) is 17.0. The molecule has 0 aliphatic carbocycles. The Hall–Kier alpha value is -1.75. The van der Waals surface area contributed by atoms with Gasteiger partial charge in [-0.15, -0.1) is 0 Å². The van der Waals surface area contributed by atoms with E-state index in [4.69, 9.17) is 4.74 Å². The predicted molar refractivity (Wildman–Crippen MR) is 101 cm³/mol. The molecule has 2 rings (SSSR count). The molecule has 1 heterocycles. The van der Waals surface area contributed by atoms with Crippen LogP contribution in [-0.4, -0.2) is 57.2 Å². The molecule has 1 fully saturated rings. The van der Waals surface area contributed by atoms with Gasteiger partial charge in [0.05, 0.1) is 6.54 Å². The molecule has 24 heavy (non-hydrogen) atoms. The molecule has 2 N–H and O–H groups in total. The smallest absolute Gasteiger partial charge is 0.191 e. The molecule has 0 unspecified atom stereocenters. The number of ether oxygens (including phenoxy) is 1. The van der Waals surface area contributed by atoms with Gasteiger partial charge in [0, 0.05) is 13.6 Å². The van der Waals surface area contributed by atoms with E-state index in [1.165, 1.54) is 50.9 Å². The first kappa shape index (κ1) is 18.6. The number of likely N-dealkylation sites (tertiary alicyclic amines) is 1. The van der Waals surface area contributed by atoms with E-state index < -0.39 is 0 Å². The summed E-state index contributed by atoms with van der Waals surface area (Å²) in [6.45, 7) is 8.21. The van der Waals surface area contributed by atoms with Gasteiger partial charge in [0.25, 0.3) is 0 Å². The minimum absolute atomic E-state index is 0.624. The highest BCUT2D eigenvalue weighted by Crippen LogP contribution is 2.10. The average Bonchev–Trinajstić information content (AvgIpc) is 3.11. The fourth-order valence-electron chi connectivity index (χ4n) is 2.87. The van der Waals surface area contributed by atoms with Crippen molar-refractivity contribution < 1.29 is 4.74 Å². The average molecular weight is 332 g/mol. The summed E-state index contributed by atoms with van der Waals surface area (Å²) in [6.07, 6.45) is 5.18. The molecule has 5 heteroatoms. The summed E-state index contributed by atoms with van der Waals surface area (Å²) in [5.74, 6) is 1.76. The lowest BCUT2D eigenvalue weighted by atomic mass is 10.2. The van der Waals surface area contributed by atoms with Crippen molar-refractivity contribution >= 4 is 5.96 Å². The third kappa shape index (κ3) is 7.21. The normalized spacial score (nSPS) is 15.5. The second-order valence-corrected chi connectivity index (χ2v) is 6.34. The zero-order valence-corrected chi connectivity index (χ0v) is 15.2. The van der Waals surface area contributed by atoms with E-state index in [9.17, 15) is 0 Å². The second kappa shape index (κ2) is 10.9. The monoisotopic (exact) mass is 332 g/mol. The molecule has 0 radical (unpaired) electrons. The lowest BCUT2D eigenvalue weighted by Crippen LogP contribution is -2.39. The molecule has 1 saturated heterocycles. The quantitative estimate of drug-likeness (QED) is 0.414. The fourth-order valence-corrected chi connectivity index (χ4v) is 2.87. The van der Waals surface area contributed by atoms with Crippen LogP contribution in [0.3, 0.4) is 0 Å². The van der Waals surface area contributed by atoms with Crippen LogP contribution in [0.25, 0.3) is 0 Å². The van der Waals surface area contributed by atoms with Gasteiger partial charge in [-0.25, -0.2) is 0 Å². The lowest BCUT2D eigenvalue weighted by Gasteiger charge is -2.15. The Balaban J connectivity index is 1.49. The van der Waals surface area contributed by atoms with Crippen LogP contribution in [0, 0.1) is 6.92 Å². The van der Waals surface area contributed by atoms with E-state index in [0.717, 1.165) is 24.8 Å². The van der Waals surface area contributed by atoms with Gasteiger partial charge in [-0.2, -0.15) is 0 Å². The number of guanidine groups is 1. The largest absolute Gasteiger partial charge is 0.492 e. The molecule has 134 valence electrons. The minimum atomic E-state index is 0.624. The summed E-state index contributed by atoms with van der Waals surface area (Å²) >= 11 is 0. The van der Waals surface area contributed by atoms with Gasteiger partial charge in [0.1, 0.15) is 12.4 Å². The summed E-state index contributed by atoms with van der Waals surface area (Å²) in [6, 6.07) is 8.13. The molecule has 0 saturated carbocycles. The van der Waals surface area contributed by atoms with Crippen molar-refractivity contribution in [3.8, 4) is 5.75 Å². The molecule has 0 aromatic heterocycles. The summed E-state index contributed by atoms with van der Waals surface area (Å²) < 4.78 is 5.71. The molecule has 0 bridgehead atoms. The summed E-state index contributed by atoms with van der Waals surface area (Å²) in [7, 11) is 1.81. The van der Waals surface area contributed by atoms with E-state index >= 15 is 0 Å². The van der Waals surface area contributed by atoms with Crippen LogP contribution >= 0.6 is 0 Å². The molecule has 1 aliphatic rings. The Morgan fingerprint density at radius 3 is 2.50 bits per heavy atom. The first-order chi connectivity index (χ1) is 11.8. The Morgan fingerprint density at radius 2 is 1.79 bits per heavy atom. The Bertz CT molecular complexity index is 481. The Morgan fingerprint density at radius 1 is 1.08 bits per heavy atom. The standard InChI is InChI=1S/C19H32N4O/c1-17-7-9-18(10-8-17)24-16-12-22-19(20-2)21-11-3-4-13-23-14-5-6-15-23/h7-10H,3-6,11-16H2,1-2H3,(H2,20,21,22). The highest BCUT2D eigenvalue weighted by Gasteiger charge is 2.09. The fraction of sp³-hybridized carbons (Fsp3) is 0.632. The van der Waals surface area contributed by atoms with Crippen LogP contribution < -0.4 is 15.4 Å². The first-order valence-corrected chi connectivity index (χ1v) is 9.14. The molecule has 0 atom stereocenters. The van der Waals surface area contributed by atoms with Gasteiger partial charge >= 0.3 is 0 Å². The van der Waals surface area contributed by atoms with E-state index in [-0.39, 0.29) is 0 Å². The summed E-state index contributed by atoms with van der Waals surface area (Å²) in [5.41, 5.74) is 1.25. The Labute approximate surface area is 146 Å². The van der Waals surface area contributed by atoms with Gasteiger partial charge in [0.2, 0.25) is 0 Å². The lowest BCUT2D eigenvalue weighted by molar-refractivity contribution is 0.321. The van der Waals surface area contributed by atoms with Crippen LogP contribution in [0.4, 0.5) is 0 Å². The van der Waals surface area contributed by atoms with Gasteiger partial charge < -0.3 is 20.3 Å². The van der Waals surface area contributed by atoms with Gasteiger partial charge in [-0.1, -0.05) is 17.7 Å². The number of rotatable bonds is 9. The molecule has 1 aromatic rings. The van der Waals surface area contributed by atoms with Gasteiger partial charge in [-0.3, -0.25) is 4.99 Å². The van der Waals surface area contributed by atoms with Crippen molar-refractivity contribution in [2.75, 3.05) is 46.4 Å². The van der Waals surface area contributed by atoms with Gasteiger partial charge in [-0.05, 0) is 64.4 Å². The van der Waals surface area contributed by atoms with Crippen LogP contribution in [0.2, 0.25) is 0 Å². The maximum absolute atomic E-state index is 5.71. The van der Waals surface area contributed by atoms with Crippen LogP contribution in [-0.2, 0) is 0 Å². The molecule has 0 amide bonds. The molecular formula is C19H32N4O. The summed E-state index contributed by atoms with van der Waals surface area (Å²) in [4.78, 5) is 6.81. The van der Waals surface area contributed by atoms with Crippen LogP contribution in [0.15, 0.2) is 29.3 Å². The van der Waals surface area contributed by atoms with Crippen molar-refractivity contribution in [3.05, 3.63) is 29.8 Å². The number of nitrogens with one attached hydrogen (secondary N) is 2. The maximum atomic E-state index is 5.71. The first-order valence-electron chi connectivity index (χ1n) is 9.14. The maximum Gasteiger partial charge on any atom is 0.191 e. The number of hydrogen-bond donors (Lipinski definition) is 2. The Kier molecular flexibility index (Phi) is 8.46. The van der Waals surface area contributed by atoms with E-state index in [1.807, 2.05) is 12.1 Å². The third-order valence-corrected chi connectivity index (χ3v) is 4.30. The highest BCUT2D eigenvalue weighted by molar-refractivity contribution is 5.79. The number of aliphatic imine (C=N–C) groups is 1. The summed E-state index contributed by atoms with van der Waals surface area (Å²) in [5, 5.41) is 6.65. The SMILES string of the molecule is CN=C(NCCCCN1CCCC1)NCCOc1ccc(C)cc1. The van der Waals surface area contributed by atoms with Gasteiger partial charge in [0.15, 0.2) is 5.96 Å². The van der Waals surface area contributed by atoms with Crippen molar-refractivity contribution in [2.45, 2.75) is 32.6 Å². The topological polar surface area (TPSA) is 48.9 Å².